The number of nitrogens with one attached hydrogen (secondary N) is 2. The van der Waals surface area contributed by atoms with Crippen molar-refractivity contribution in [1.82, 2.24) is 4.98 Å². The molecule has 2 heterocycles. The van der Waals surface area contributed by atoms with Gasteiger partial charge in [0.25, 0.3) is 5.91 Å². The Morgan fingerprint density at radius 1 is 1.16 bits per heavy atom. The van der Waals surface area contributed by atoms with Gasteiger partial charge in [0.1, 0.15) is 5.82 Å². The van der Waals surface area contributed by atoms with Crippen molar-refractivity contribution in [2.75, 3.05) is 10.6 Å². The van der Waals surface area contributed by atoms with Crippen molar-refractivity contribution < 1.29 is 19.1 Å². The molecule has 0 saturated heterocycles. The maximum Gasteiger partial charge on any atom is 0.309 e. The van der Waals surface area contributed by atoms with Crippen LogP contribution in [0.4, 0.5) is 15.2 Å². The molecule has 3 aromatic rings. The van der Waals surface area contributed by atoms with Crippen LogP contribution in [0.5, 0.6) is 0 Å². The lowest BCUT2D eigenvalue weighted by Gasteiger charge is -2.12. The first-order valence-electron chi connectivity index (χ1n) is 10.5. The van der Waals surface area contributed by atoms with E-state index in [1.54, 1.807) is 23.6 Å². The van der Waals surface area contributed by atoms with Crippen molar-refractivity contribution >= 4 is 45.4 Å². The predicted molar refractivity (Wildman–Crippen MR) is 127 cm³/mol. The van der Waals surface area contributed by atoms with Gasteiger partial charge in [0, 0.05) is 22.5 Å². The van der Waals surface area contributed by atoms with Gasteiger partial charge >= 0.3 is 5.97 Å². The fourth-order valence-corrected chi connectivity index (χ4v) is 4.77. The molecule has 0 saturated carbocycles. The fraction of sp³-hybridized carbons (Fsp3) is 0.348. The van der Waals surface area contributed by atoms with E-state index in [-0.39, 0.29) is 18.1 Å². The highest BCUT2D eigenvalue weighted by atomic mass is 32.1. The number of aryl methyl sites for hydroxylation is 1. The van der Waals surface area contributed by atoms with E-state index in [0.717, 1.165) is 41.8 Å². The van der Waals surface area contributed by atoms with Crippen molar-refractivity contribution in [3.8, 4) is 0 Å². The Morgan fingerprint density at radius 2 is 2.00 bits per heavy atom. The van der Waals surface area contributed by atoms with Gasteiger partial charge in [0.05, 0.1) is 17.0 Å². The summed E-state index contributed by atoms with van der Waals surface area (Å²) >= 11 is 2.56. The SMILES string of the molecule is CCCCCCc1cc(F)ccc1NCc1ccc(C(=O)Nc2nc(CC(=O)O)cs2)s1. The number of anilines is 2. The third-order valence-electron chi connectivity index (χ3n) is 4.81. The van der Waals surface area contributed by atoms with Gasteiger partial charge in [-0.25, -0.2) is 9.37 Å². The molecule has 9 heteroatoms. The van der Waals surface area contributed by atoms with E-state index >= 15 is 0 Å². The molecular weight excluding hydrogens is 449 g/mol. The summed E-state index contributed by atoms with van der Waals surface area (Å²) < 4.78 is 13.7. The maximum atomic E-state index is 13.7. The highest BCUT2D eigenvalue weighted by Crippen LogP contribution is 2.24. The smallest absolute Gasteiger partial charge is 0.309 e. The largest absolute Gasteiger partial charge is 0.481 e. The van der Waals surface area contributed by atoms with E-state index in [0.29, 0.717) is 22.2 Å². The van der Waals surface area contributed by atoms with Gasteiger partial charge in [-0.2, -0.15) is 0 Å². The number of benzene rings is 1. The van der Waals surface area contributed by atoms with Gasteiger partial charge in [0.2, 0.25) is 0 Å². The number of amides is 1. The van der Waals surface area contributed by atoms with Crippen LogP contribution < -0.4 is 10.6 Å². The minimum absolute atomic E-state index is 0.175. The lowest BCUT2D eigenvalue weighted by molar-refractivity contribution is -0.136. The molecule has 6 nitrogen and oxygen atoms in total. The molecule has 3 rings (SSSR count). The molecular formula is C23H26FN3O3S2. The fourth-order valence-electron chi connectivity index (χ4n) is 3.22. The summed E-state index contributed by atoms with van der Waals surface area (Å²) in [5, 5.41) is 16.9. The Bertz CT molecular complexity index is 1060. The Balaban J connectivity index is 1.56. The quantitative estimate of drug-likeness (QED) is 0.281. The Kier molecular flexibility index (Phi) is 8.75. The Morgan fingerprint density at radius 3 is 2.78 bits per heavy atom. The number of unbranched alkanes of at least 4 members (excludes halogenated alkanes) is 3. The number of halogens is 1. The molecule has 0 aliphatic carbocycles. The first kappa shape index (κ1) is 23.9. The third kappa shape index (κ3) is 7.13. The molecule has 0 aliphatic heterocycles. The summed E-state index contributed by atoms with van der Waals surface area (Å²) in [6, 6.07) is 8.45. The van der Waals surface area contributed by atoms with Gasteiger partial charge < -0.3 is 10.4 Å². The highest BCUT2D eigenvalue weighted by molar-refractivity contribution is 7.15. The van der Waals surface area contributed by atoms with Gasteiger partial charge in [0.15, 0.2) is 5.13 Å². The van der Waals surface area contributed by atoms with Crippen LogP contribution in [0.25, 0.3) is 0 Å². The van der Waals surface area contributed by atoms with Crippen LogP contribution in [0.2, 0.25) is 0 Å². The zero-order valence-corrected chi connectivity index (χ0v) is 19.5. The van der Waals surface area contributed by atoms with Crippen molar-refractivity contribution in [3.05, 3.63) is 62.5 Å². The van der Waals surface area contributed by atoms with Gasteiger partial charge in [-0.3, -0.25) is 14.9 Å². The average molecular weight is 476 g/mol. The van der Waals surface area contributed by atoms with Crippen LogP contribution >= 0.6 is 22.7 Å². The lowest BCUT2D eigenvalue weighted by Crippen LogP contribution is -2.10. The Labute approximate surface area is 194 Å². The van der Waals surface area contributed by atoms with Crippen LogP contribution in [-0.4, -0.2) is 22.0 Å². The number of nitrogens with zero attached hydrogens (tertiary/aromatic N) is 1. The number of carboxylic acids is 1. The number of carboxylic acid groups (broad SMARTS) is 1. The normalized spacial score (nSPS) is 10.8. The maximum absolute atomic E-state index is 13.7. The molecule has 0 bridgehead atoms. The molecule has 0 spiro atoms. The number of thiophene rings is 1. The van der Waals surface area contributed by atoms with E-state index < -0.39 is 5.97 Å². The molecule has 0 radical (unpaired) electrons. The monoisotopic (exact) mass is 475 g/mol. The number of rotatable bonds is 12. The zero-order valence-electron chi connectivity index (χ0n) is 17.8. The lowest BCUT2D eigenvalue weighted by atomic mass is 10.0. The molecule has 32 heavy (non-hydrogen) atoms. The molecule has 0 atom stereocenters. The molecule has 0 aliphatic rings. The summed E-state index contributed by atoms with van der Waals surface area (Å²) in [5.74, 6) is -1.48. The van der Waals surface area contributed by atoms with Crippen LogP contribution in [0.1, 0.15) is 58.4 Å². The topological polar surface area (TPSA) is 91.3 Å². The van der Waals surface area contributed by atoms with Crippen LogP contribution in [-0.2, 0) is 24.2 Å². The van der Waals surface area contributed by atoms with E-state index in [2.05, 4.69) is 22.5 Å². The van der Waals surface area contributed by atoms with Crippen LogP contribution in [0, 0.1) is 5.82 Å². The molecule has 0 fully saturated rings. The average Bonchev–Trinajstić information content (AvgIpc) is 3.40. The predicted octanol–water partition coefficient (Wildman–Crippen LogP) is 5.96. The standard InChI is InChI=1S/C23H26FN3O3S2/c1-2-3-4-5-6-15-11-16(24)7-9-19(15)25-13-18-8-10-20(32-18)22(30)27-23-26-17(14-31-23)12-21(28)29/h7-11,14,25H,2-6,12-13H2,1H3,(H,28,29)(H,26,27,30). The van der Waals surface area contributed by atoms with Crippen molar-refractivity contribution in [2.24, 2.45) is 0 Å². The molecule has 1 aromatic carbocycles. The molecule has 170 valence electrons. The number of aromatic nitrogens is 1. The first-order valence-corrected chi connectivity index (χ1v) is 12.2. The summed E-state index contributed by atoms with van der Waals surface area (Å²) in [4.78, 5) is 28.9. The second-order valence-corrected chi connectivity index (χ2v) is 9.43. The van der Waals surface area contributed by atoms with Crippen molar-refractivity contribution in [1.29, 1.82) is 0 Å². The Hall–Kier alpha value is -2.78. The number of carbonyl (C=O) groups excluding carboxylic acids is 1. The van der Waals surface area contributed by atoms with Crippen LogP contribution in [0.3, 0.4) is 0 Å². The van der Waals surface area contributed by atoms with E-state index in [9.17, 15) is 14.0 Å². The number of thiazole rings is 1. The summed E-state index contributed by atoms with van der Waals surface area (Å²) in [6.45, 7) is 2.70. The molecule has 0 unspecified atom stereocenters. The second kappa shape index (κ2) is 11.7. The number of hydrogen-bond acceptors (Lipinski definition) is 6. The molecule has 3 N–H and O–H groups in total. The first-order chi connectivity index (χ1) is 15.4. The highest BCUT2D eigenvalue weighted by Gasteiger charge is 2.13. The summed E-state index contributed by atoms with van der Waals surface area (Å²) in [7, 11) is 0. The summed E-state index contributed by atoms with van der Waals surface area (Å²) in [5.41, 5.74) is 2.30. The van der Waals surface area contributed by atoms with Crippen LogP contribution in [0.15, 0.2) is 35.7 Å². The van der Waals surface area contributed by atoms with Crippen molar-refractivity contribution in [2.45, 2.75) is 52.0 Å². The van der Waals surface area contributed by atoms with Gasteiger partial charge in [-0.15, -0.1) is 22.7 Å². The molecule has 1 amide bonds. The zero-order chi connectivity index (χ0) is 22.9. The third-order valence-corrected chi connectivity index (χ3v) is 6.70. The minimum atomic E-state index is -0.964. The number of hydrogen-bond donors (Lipinski definition) is 3. The van der Waals surface area contributed by atoms with E-state index in [1.807, 2.05) is 6.07 Å². The number of carbonyl (C=O) groups is 2. The summed E-state index contributed by atoms with van der Waals surface area (Å²) in [6.07, 6.45) is 5.16. The minimum Gasteiger partial charge on any atom is -0.481 e. The van der Waals surface area contributed by atoms with E-state index in [1.165, 1.54) is 35.2 Å². The van der Waals surface area contributed by atoms with Crippen molar-refractivity contribution in [3.63, 3.8) is 0 Å². The molecule has 2 aromatic heterocycles. The number of aliphatic carboxylic acids is 1. The van der Waals surface area contributed by atoms with Gasteiger partial charge in [-0.1, -0.05) is 26.2 Å². The van der Waals surface area contributed by atoms with Gasteiger partial charge in [-0.05, 0) is 48.7 Å². The second-order valence-electron chi connectivity index (χ2n) is 7.40. The van der Waals surface area contributed by atoms with E-state index in [4.69, 9.17) is 5.11 Å².